The van der Waals surface area contributed by atoms with E-state index in [4.69, 9.17) is 9.47 Å². The zero-order valence-corrected chi connectivity index (χ0v) is 14.3. The molecule has 0 spiro atoms. The molecule has 4 heterocycles. The van der Waals surface area contributed by atoms with Crippen LogP contribution in [0.5, 0.6) is 5.88 Å². The molecule has 1 atom stereocenters. The molecule has 2 aliphatic rings. The average Bonchev–Trinajstić information content (AvgIpc) is 3.21. The van der Waals surface area contributed by atoms with E-state index >= 15 is 0 Å². The zero-order chi connectivity index (χ0) is 17.3. The summed E-state index contributed by atoms with van der Waals surface area (Å²) in [4.78, 5) is 4.29. The average molecular weight is 352 g/mol. The third-order valence-electron chi connectivity index (χ3n) is 4.68. The predicted octanol–water partition coefficient (Wildman–Crippen LogP) is 2.18. The molecule has 8 nitrogen and oxygen atoms in total. The fraction of sp³-hybridized carbons (Fsp3) is 0.444. The molecule has 8 heteroatoms. The Morgan fingerprint density at radius 1 is 1.19 bits per heavy atom. The highest BCUT2D eigenvalue weighted by atomic mass is 16.5. The number of pyridine rings is 1. The van der Waals surface area contributed by atoms with Gasteiger partial charge < -0.3 is 14.8 Å². The Hall–Kier alpha value is -2.74. The number of fused-ring (bicyclic) bond motifs is 1. The van der Waals surface area contributed by atoms with Gasteiger partial charge in [0.2, 0.25) is 5.88 Å². The summed E-state index contributed by atoms with van der Waals surface area (Å²) in [5.74, 6) is 2.90. The maximum Gasteiger partial charge on any atom is 0.213 e. The van der Waals surface area contributed by atoms with Crippen molar-refractivity contribution in [2.45, 2.75) is 37.8 Å². The van der Waals surface area contributed by atoms with Crippen LogP contribution in [-0.2, 0) is 11.3 Å². The number of rotatable bonds is 6. The highest BCUT2D eigenvalue weighted by molar-refractivity contribution is 5.45. The molecule has 0 radical (unpaired) electrons. The van der Waals surface area contributed by atoms with Crippen LogP contribution in [0.3, 0.4) is 0 Å². The van der Waals surface area contributed by atoms with Gasteiger partial charge in [-0.1, -0.05) is 0 Å². The van der Waals surface area contributed by atoms with Crippen LogP contribution in [0.25, 0.3) is 5.65 Å². The van der Waals surface area contributed by atoms with Crippen LogP contribution in [0.1, 0.15) is 36.6 Å². The van der Waals surface area contributed by atoms with Gasteiger partial charge in [0.15, 0.2) is 11.5 Å². The molecule has 1 saturated carbocycles. The first-order chi connectivity index (χ1) is 12.8. The number of hydrogen-bond acceptors (Lipinski definition) is 7. The minimum atomic E-state index is 0.101. The number of anilines is 1. The summed E-state index contributed by atoms with van der Waals surface area (Å²) in [6, 6.07) is 7.79. The molecule has 0 amide bonds. The highest BCUT2D eigenvalue weighted by Crippen LogP contribution is 2.38. The normalized spacial score (nSPS) is 19.8. The summed E-state index contributed by atoms with van der Waals surface area (Å²) in [6.45, 7) is 2.03. The van der Waals surface area contributed by atoms with Crippen LogP contribution in [0.2, 0.25) is 0 Å². The Balaban J connectivity index is 1.28. The van der Waals surface area contributed by atoms with Crippen molar-refractivity contribution in [3.63, 3.8) is 0 Å². The van der Waals surface area contributed by atoms with Crippen molar-refractivity contribution < 1.29 is 9.47 Å². The van der Waals surface area contributed by atoms with Crippen LogP contribution >= 0.6 is 0 Å². The second kappa shape index (κ2) is 6.53. The lowest BCUT2D eigenvalue weighted by Gasteiger charge is -2.12. The molecule has 3 aromatic heterocycles. The van der Waals surface area contributed by atoms with E-state index in [-0.39, 0.29) is 6.10 Å². The molecule has 0 bridgehead atoms. The van der Waals surface area contributed by atoms with Gasteiger partial charge in [-0.25, -0.2) is 4.98 Å². The van der Waals surface area contributed by atoms with Gasteiger partial charge in [0, 0.05) is 31.1 Å². The lowest BCUT2D eigenvalue weighted by atomic mass is 10.2. The van der Waals surface area contributed by atoms with E-state index in [1.54, 1.807) is 6.20 Å². The second-order valence-corrected chi connectivity index (χ2v) is 6.78. The van der Waals surface area contributed by atoms with E-state index in [0.29, 0.717) is 24.9 Å². The van der Waals surface area contributed by atoms with E-state index in [1.807, 2.05) is 28.8 Å². The van der Waals surface area contributed by atoms with E-state index in [9.17, 15) is 0 Å². The minimum absolute atomic E-state index is 0.101. The first-order valence-electron chi connectivity index (χ1n) is 9.01. The van der Waals surface area contributed by atoms with Gasteiger partial charge >= 0.3 is 0 Å². The predicted molar refractivity (Wildman–Crippen MR) is 94.2 cm³/mol. The third-order valence-corrected chi connectivity index (χ3v) is 4.68. The molecular weight excluding hydrogens is 332 g/mol. The van der Waals surface area contributed by atoms with Crippen molar-refractivity contribution in [3.05, 3.63) is 41.9 Å². The Kier molecular flexibility index (Phi) is 3.89. The van der Waals surface area contributed by atoms with Gasteiger partial charge in [-0.05, 0) is 36.6 Å². The van der Waals surface area contributed by atoms with Crippen molar-refractivity contribution in [1.82, 2.24) is 24.8 Å². The largest absolute Gasteiger partial charge is 0.472 e. The first-order valence-corrected chi connectivity index (χ1v) is 9.01. The van der Waals surface area contributed by atoms with E-state index in [0.717, 1.165) is 35.9 Å². The van der Waals surface area contributed by atoms with Crippen molar-refractivity contribution in [3.8, 4) is 5.88 Å². The van der Waals surface area contributed by atoms with Gasteiger partial charge in [-0.15, -0.1) is 15.3 Å². The minimum Gasteiger partial charge on any atom is -0.472 e. The number of ether oxygens (including phenoxy) is 2. The standard InChI is InChI=1S/C18H20N6O2/c1-2-13(1)18-22-21-16-4-3-15(23-24(16)18)20-10-12-5-7-19-17(9-12)26-14-6-8-25-11-14/h3-5,7,9,13-14H,1-2,6,8,10-11H2,(H,20,23). The molecule has 0 aromatic carbocycles. The summed E-state index contributed by atoms with van der Waals surface area (Å²) in [5, 5.41) is 16.4. The smallest absolute Gasteiger partial charge is 0.213 e. The summed E-state index contributed by atoms with van der Waals surface area (Å²) in [6.07, 6.45) is 5.13. The Labute approximate surface area is 150 Å². The maximum absolute atomic E-state index is 5.86. The fourth-order valence-corrected chi connectivity index (χ4v) is 3.09. The van der Waals surface area contributed by atoms with Crippen molar-refractivity contribution in [2.75, 3.05) is 18.5 Å². The quantitative estimate of drug-likeness (QED) is 0.727. The lowest BCUT2D eigenvalue weighted by Crippen LogP contribution is -2.16. The summed E-state index contributed by atoms with van der Waals surface area (Å²) in [5.41, 5.74) is 1.87. The van der Waals surface area contributed by atoms with Gasteiger partial charge in [-0.2, -0.15) is 4.52 Å². The Morgan fingerprint density at radius 2 is 2.15 bits per heavy atom. The molecule has 1 unspecified atom stereocenters. The number of hydrogen-bond donors (Lipinski definition) is 1. The molecule has 1 saturated heterocycles. The van der Waals surface area contributed by atoms with E-state index in [2.05, 4.69) is 25.6 Å². The van der Waals surface area contributed by atoms with Crippen LogP contribution < -0.4 is 10.1 Å². The molecular formula is C18H20N6O2. The Morgan fingerprint density at radius 3 is 3.00 bits per heavy atom. The molecule has 134 valence electrons. The van der Waals surface area contributed by atoms with Gasteiger partial charge in [0.05, 0.1) is 13.2 Å². The number of aromatic nitrogens is 5. The van der Waals surface area contributed by atoms with Gasteiger partial charge in [-0.3, -0.25) is 0 Å². The topological polar surface area (TPSA) is 86.5 Å². The summed E-state index contributed by atoms with van der Waals surface area (Å²) >= 11 is 0. The van der Waals surface area contributed by atoms with E-state index < -0.39 is 0 Å². The SMILES string of the molecule is c1cc(CNc2ccc3nnc(C4CC4)n3n2)cc(OC2CCOC2)n1. The van der Waals surface area contributed by atoms with Crippen LogP contribution in [0, 0.1) is 0 Å². The molecule has 5 rings (SSSR count). The molecule has 1 N–H and O–H groups in total. The summed E-state index contributed by atoms with van der Waals surface area (Å²) < 4.78 is 13.1. The van der Waals surface area contributed by atoms with Crippen LogP contribution in [0.15, 0.2) is 30.5 Å². The van der Waals surface area contributed by atoms with Crippen LogP contribution in [0.4, 0.5) is 5.82 Å². The molecule has 2 fully saturated rings. The zero-order valence-electron chi connectivity index (χ0n) is 14.3. The van der Waals surface area contributed by atoms with E-state index in [1.165, 1.54) is 12.8 Å². The first kappa shape index (κ1) is 15.5. The molecule has 1 aliphatic heterocycles. The van der Waals surface area contributed by atoms with Gasteiger partial charge in [0.1, 0.15) is 11.9 Å². The molecule has 26 heavy (non-hydrogen) atoms. The third kappa shape index (κ3) is 3.20. The fourth-order valence-electron chi connectivity index (χ4n) is 3.09. The monoisotopic (exact) mass is 352 g/mol. The van der Waals surface area contributed by atoms with Crippen molar-refractivity contribution in [1.29, 1.82) is 0 Å². The molecule has 3 aromatic rings. The Bertz CT molecular complexity index is 917. The summed E-state index contributed by atoms with van der Waals surface area (Å²) in [7, 11) is 0. The van der Waals surface area contributed by atoms with Crippen LogP contribution in [-0.4, -0.2) is 44.1 Å². The van der Waals surface area contributed by atoms with Crippen molar-refractivity contribution >= 4 is 11.5 Å². The second-order valence-electron chi connectivity index (χ2n) is 6.78. The number of nitrogens with one attached hydrogen (secondary N) is 1. The van der Waals surface area contributed by atoms with Crippen molar-refractivity contribution in [2.24, 2.45) is 0 Å². The maximum atomic E-state index is 5.86. The lowest BCUT2D eigenvalue weighted by molar-refractivity contribution is 0.138. The van der Waals surface area contributed by atoms with Gasteiger partial charge in [0.25, 0.3) is 0 Å². The molecule has 1 aliphatic carbocycles. The number of nitrogens with zero attached hydrogens (tertiary/aromatic N) is 5. The highest BCUT2D eigenvalue weighted by Gasteiger charge is 2.29.